The quantitative estimate of drug-likeness (QED) is 0.803. The SMILES string of the molecule is COc1ccc(C2CC(C)NC2C)cn1. The topological polar surface area (TPSA) is 34.1 Å². The van der Waals surface area contributed by atoms with E-state index in [1.807, 2.05) is 12.3 Å². The maximum atomic E-state index is 5.05. The largest absolute Gasteiger partial charge is 0.481 e. The van der Waals surface area contributed by atoms with Gasteiger partial charge in [0.15, 0.2) is 0 Å². The van der Waals surface area contributed by atoms with Crippen LogP contribution in [0.5, 0.6) is 5.88 Å². The second-order valence-corrected chi connectivity index (χ2v) is 4.33. The van der Waals surface area contributed by atoms with Gasteiger partial charge >= 0.3 is 0 Å². The van der Waals surface area contributed by atoms with Crippen molar-refractivity contribution in [1.82, 2.24) is 10.3 Å². The second-order valence-electron chi connectivity index (χ2n) is 4.33. The van der Waals surface area contributed by atoms with E-state index >= 15 is 0 Å². The summed E-state index contributed by atoms with van der Waals surface area (Å²) in [4.78, 5) is 4.25. The first kappa shape index (κ1) is 10.4. The fourth-order valence-corrected chi connectivity index (χ4v) is 2.37. The summed E-state index contributed by atoms with van der Waals surface area (Å²) in [5, 5.41) is 3.53. The molecule has 15 heavy (non-hydrogen) atoms. The second kappa shape index (κ2) is 4.19. The van der Waals surface area contributed by atoms with Crippen LogP contribution in [0.2, 0.25) is 0 Å². The van der Waals surface area contributed by atoms with E-state index in [1.54, 1.807) is 7.11 Å². The van der Waals surface area contributed by atoms with Crippen molar-refractivity contribution in [3.8, 4) is 5.88 Å². The van der Waals surface area contributed by atoms with Crippen LogP contribution in [0.3, 0.4) is 0 Å². The number of methoxy groups -OCH3 is 1. The third-order valence-electron chi connectivity index (χ3n) is 3.15. The maximum absolute atomic E-state index is 5.05. The molecule has 1 aliphatic rings. The molecule has 82 valence electrons. The summed E-state index contributed by atoms with van der Waals surface area (Å²) in [6, 6.07) is 5.19. The Hall–Kier alpha value is -1.09. The zero-order valence-electron chi connectivity index (χ0n) is 9.53. The fraction of sp³-hybridized carbons (Fsp3) is 0.583. The monoisotopic (exact) mass is 206 g/mol. The lowest BCUT2D eigenvalue weighted by Crippen LogP contribution is -2.26. The molecule has 0 saturated carbocycles. The first-order chi connectivity index (χ1) is 7.20. The highest BCUT2D eigenvalue weighted by Crippen LogP contribution is 2.30. The van der Waals surface area contributed by atoms with Gasteiger partial charge in [0.05, 0.1) is 7.11 Å². The molecule has 3 unspecified atom stereocenters. The fourth-order valence-electron chi connectivity index (χ4n) is 2.37. The Balaban J connectivity index is 2.15. The first-order valence-electron chi connectivity index (χ1n) is 5.46. The molecule has 3 heteroatoms. The lowest BCUT2D eigenvalue weighted by molar-refractivity contribution is 0.397. The Labute approximate surface area is 90.9 Å². The van der Waals surface area contributed by atoms with Crippen LogP contribution in [0.15, 0.2) is 18.3 Å². The summed E-state index contributed by atoms with van der Waals surface area (Å²) < 4.78 is 5.05. The van der Waals surface area contributed by atoms with Crippen molar-refractivity contribution >= 4 is 0 Å². The van der Waals surface area contributed by atoms with Crippen molar-refractivity contribution in [1.29, 1.82) is 0 Å². The summed E-state index contributed by atoms with van der Waals surface area (Å²) in [7, 11) is 1.64. The van der Waals surface area contributed by atoms with Crippen molar-refractivity contribution in [3.63, 3.8) is 0 Å². The third-order valence-corrected chi connectivity index (χ3v) is 3.15. The molecule has 1 aliphatic heterocycles. The molecule has 0 spiro atoms. The van der Waals surface area contributed by atoms with Crippen LogP contribution < -0.4 is 10.1 Å². The van der Waals surface area contributed by atoms with Crippen molar-refractivity contribution < 1.29 is 4.74 Å². The molecule has 2 heterocycles. The molecule has 1 aromatic heterocycles. The van der Waals surface area contributed by atoms with E-state index in [2.05, 4.69) is 30.2 Å². The van der Waals surface area contributed by atoms with E-state index in [1.165, 1.54) is 12.0 Å². The Morgan fingerprint density at radius 3 is 2.67 bits per heavy atom. The van der Waals surface area contributed by atoms with E-state index in [-0.39, 0.29) is 0 Å². The lowest BCUT2D eigenvalue weighted by Gasteiger charge is -2.14. The maximum Gasteiger partial charge on any atom is 0.212 e. The standard InChI is InChI=1S/C12H18N2O/c1-8-6-11(9(2)14-8)10-4-5-12(15-3)13-7-10/h4-5,7-9,11,14H,6H2,1-3H3. The normalized spacial score (nSPS) is 30.5. The minimum Gasteiger partial charge on any atom is -0.481 e. The molecule has 1 N–H and O–H groups in total. The third kappa shape index (κ3) is 2.12. The van der Waals surface area contributed by atoms with Gasteiger partial charge in [-0.05, 0) is 25.8 Å². The van der Waals surface area contributed by atoms with Crippen molar-refractivity contribution in [3.05, 3.63) is 23.9 Å². The average molecular weight is 206 g/mol. The van der Waals surface area contributed by atoms with Crippen LogP contribution in [0, 0.1) is 0 Å². The van der Waals surface area contributed by atoms with E-state index < -0.39 is 0 Å². The van der Waals surface area contributed by atoms with Crippen LogP contribution in [0.25, 0.3) is 0 Å². The molecule has 0 bridgehead atoms. The number of nitrogens with one attached hydrogen (secondary N) is 1. The predicted molar refractivity (Wildman–Crippen MR) is 60.2 cm³/mol. The summed E-state index contributed by atoms with van der Waals surface area (Å²) in [6.07, 6.45) is 3.12. The molecule has 2 rings (SSSR count). The summed E-state index contributed by atoms with van der Waals surface area (Å²) in [5.74, 6) is 1.27. The van der Waals surface area contributed by atoms with E-state index in [0.717, 1.165) is 0 Å². The highest BCUT2D eigenvalue weighted by molar-refractivity contribution is 5.24. The van der Waals surface area contributed by atoms with E-state index in [4.69, 9.17) is 4.74 Å². The smallest absolute Gasteiger partial charge is 0.212 e. The number of hydrogen-bond donors (Lipinski definition) is 1. The molecule has 0 radical (unpaired) electrons. The van der Waals surface area contributed by atoms with Crippen molar-refractivity contribution in [2.24, 2.45) is 0 Å². The number of hydrogen-bond acceptors (Lipinski definition) is 3. The van der Waals surface area contributed by atoms with Gasteiger partial charge < -0.3 is 10.1 Å². The van der Waals surface area contributed by atoms with Gasteiger partial charge in [0.1, 0.15) is 0 Å². The van der Waals surface area contributed by atoms with Gasteiger partial charge in [-0.25, -0.2) is 4.98 Å². The zero-order chi connectivity index (χ0) is 10.8. The van der Waals surface area contributed by atoms with E-state index in [9.17, 15) is 0 Å². The molecule has 0 aliphatic carbocycles. The molecular formula is C12H18N2O. The van der Waals surface area contributed by atoms with Gasteiger partial charge in [0, 0.05) is 30.3 Å². The van der Waals surface area contributed by atoms with Gasteiger partial charge in [-0.3, -0.25) is 0 Å². The Bertz CT molecular complexity index is 323. The van der Waals surface area contributed by atoms with Crippen LogP contribution in [0.1, 0.15) is 31.7 Å². The number of rotatable bonds is 2. The van der Waals surface area contributed by atoms with Crippen LogP contribution >= 0.6 is 0 Å². The first-order valence-corrected chi connectivity index (χ1v) is 5.46. The highest BCUT2D eigenvalue weighted by Gasteiger charge is 2.29. The van der Waals surface area contributed by atoms with Gasteiger partial charge in [-0.2, -0.15) is 0 Å². The number of nitrogens with zero attached hydrogens (tertiary/aromatic N) is 1. The van der Waals surface area contributed by atoms with Crippen LogP contribution in [0.4, 0.5) is 0 Å². The molecule has 3 nitrogen and oxygen atoms in total. The summed E-state index contributed by atoms with van der Waals surface area (Å²) in [6.45, 7) is 4.46. The van der Waals surface area contributed by atoms with Crippen molar-refractivity contribution in [2.75, 3.05) is 7.11 Å². The molecule has 0 amide bonds. The van der Waals surface area contributed by atoms with Crippen molar-refractivity contribution in [2.45, 2.75) is 38.3 Å². The van der Waals surface area contributed by atoms with Gasteiger partial charge in [0.2, 0.25) is 5.88 Å². The molecule has 1 fully saturated rings. The Kier molecular flexibility index (Phi) is 2.91. The zero-order valence-corrected chi connectivity index (χ0v) is 9.53. The Morgan fingerprint density at radius 1 is 1.40 bits per heavy atom. The molecule has 3 atom stereocenters. The minimum atomic E-state index is 0.537. The van der Waals surface area contributed by atoms with E-state index in [0.29, 0.717) is 23.9 Å². The summed E-state index contributed by atoms with van der Waals surface area (Å²) in [5.41, 5.74) is 1.31. The lowest BCUT2D eigenvalue weighted by atomic mass is 9.93. The number of aromatic nitrogens is 1. The van der Waals surface area contributed by atoms with Gasteiger partial charge in [-0.15, -0.1) is 0 Å². The number of pyridine rings is 1. The number of ether oxygens (including phenoxy) is 1. The average Bonchev–Trinajstić information content (AvgIpc) is 2.58. The van der Waals surface area contributed by atoms with Gasteiger partial charge in [-0.1, -0.05) is 6.07 Å². The molecular weight excluding hydrogens is 188 g/mol. The molecule has 0 aromatic carbocycles. The van der Waals surface area contributed by atoms with Gasteiger partial charge in [0.25, 0.3) is 0 Å². The van der Waals surface area contributed by atoms with Crippen LogP contribution in [-0.2, 0) is 0 Å². The minimum absolute atomic E-state index is 0.537. The molecule has 1 aromatic rings. The highest BCUT2D eigenvalue weighted by atomic mass is 16.5. The predicted octanol–water partition coefficient (Wildman–Crippen LogP) is 1.94. The summed E-state index contributed by atoms with van der Waals surface area (Å²) >= 11 is 0. The van der Waals surface area contributed by atoms with Crippen LogP contribution in [-0.4, -0.2) is 24.2 Å². The Morgan fingerprint density at radius 2 is 2.20 bits per heavy atom. The molecule has 1 saturated heterocycles.